The molecule has 122 valence electrons. The predicted molar refractivity (Wildman–Crippen MR) is 90.7 cm³/mol. The fourth-order valence-electron chi connectivity index (χ4n) is 2.12. The zero-order valence-corrected chi connectivity index (χ0v) is 12.3. The number of carbonyl (C=O) groups is 1. The molecule has 2 N–H and O–H groups in total. The van der Waals surface area contributed by atoms with Gasteiger partial charge in [0.25, 0.3) is 0 Å². The molecular weight excluding hydrogens is 290 g/mol. The maximum Gasteiger partial charge on any atom is 0.177 e. The number of phenolic OH excluding ortho intramolecular Hbond substituents is 2. The van der Waals surface area contributed by atoms with Crippen molar-refractivity contribution in [2.24, 2.45) is 0 Å². The van der Waals surface area contributed by atoms with Crippen LogP contribution in [0.15, 0.2) is 48.5 Å². The lowest BCUT2D eigenvalue weighted by atomic mass is 10.0. The van der Waals surface area contributed by atoms with Gasteiger partial charge < -0.3 is 10.2 Å². The summed E-state index contributed by atoms with van der Waals surface area (Å²) in [6.07, 6.45) is 0. The van der Waals surface area contributed by atoms with Gasteiger partial charge in [-0.3, -0.25) is 9.69 Å². The Morgan fingerprint density at radius 2 is 1.70 bits per heavy atom. The Morgan fingerprint density at radius 3 is 2.26 bits per heavy atom. The Morgan fingerprint density at radius 1 is 1.09 bits per heavy atom. The van der Waals surface area contributed by atoms with Crippen molar-refractivity contribution in [1.29, 1.82) is 0 Å². The Hall–Kier alpha value is -2.33. The topological polar surface area (TPSA) is 60.8 Å². The van der Waals surface area contributed by atoms with Crippen LogP contribution in [-0.2, 0) is 6.54 Å². The van der Waals surface area contributed by atoms with E-state index < -0.39 is 56.5 Å². The summed E-state index contributed by atoms with van der Waals surface area (Å²) in [5.41, 5.74) is -3.23. The average Bonchev–Trinajstić information content (AvgIpc) is 2.58. The second-order valence-electron chi connectivity index (χ2n) is 5.21. The third kappa shape index (κ3) is 4.83. The monoisotopic (exact) mass is 322 g/mol. The van der Waals surface area contributed by atoms with Crippen molar-refractivity contribution in [3.05, 3.63) is 59.7 Å². The van der Waals surface area contributed by atoms with Gasteiger partial charge in [-0.15, -0.1) is 0 Å². The van der Waals surface area contributed by atoms with Gasteiger partial charge in [-0.25, -0.2) is 0 Å². The zero-order chi connectivity index (χ0) is 24.5. The molecule has 2 rings (SSSR count). The van der Waals surface area contributed by atoms with Crippen molar-refractivity contribution in [2.75, 3.05) is 6.54 Å². The predicted octanol–water partition coefficient (Wildman–Crippen LogP) is 3.58. The van der Waals surface area contributed by atoms with E-state index in [1.54, 1.807) is 30.3 Å². The highest BCUT2D eigenvalue weighted by Crippen LogP contribution is 2.23. The Bertz CT molecular complexity index is 897. The average molecular weight is 322 g/mol. The van der Waals surface area contributed by atoms with Crippen LogP contribution in [0.25, 0.3) is 0 Å². The van der Waals surface area contributed by atoms with Crippen LogP contribution in [0.4, 0.5) is 0 Å². The number of ketones is 1. The molecule has 4 heteroatoms. The second kappa shape index (κ2) is 6.84. The van der Waals surface area contributed by atoms with Crippen molar-refractivity contribution in [2.45, 2.75) is 32.6 Å². The number of hydrogen-bond donors (Lipinski definition) is 2. The van der Waals surface area contributed by atoms with Crippen LogP contribution >= 0.6 is 0 Å². The summed E-state index contributed by atoms with van der Waals surface area (Å²) in [6.45, 7) is -12.0. The number of carbonyl (C=O) groups excluding carboxylic acids is 1. The van der Waals surface area contributed by atoms with E-state index in [1.807, 2.05) is 0 Å². The number of aromatic hydroxyl groups is 2. The van der Waals surface area contributed by atoms with Gasteiger partial charge in [0.05, 0.1) is 6.54 Å². The first kappa shape index (κ1) is 8.50. The number of nitrogens with zero attached hydrogens (tertiary/aromatic N) is 1. The largest absolute Gasteiger partial charge is 0.508 e. The van der Waals surface area contributed by atoms with Gasteiger partial charge in [0.15, 0.2) is 5.78 Å². The minimum absolute atomic E-state index is 0.240. The number of Topliss-reactive ketones (excluding diaryl/α,β-unsaturated/α-hetero) is 1. The van der Waals surface area contributed by atoms with Gasteiger partial charge in [-0.1, -0.05) is 30.3 Å². The molecule has 0 unspecified atom stereocenters. The van der Waals surface area contributed by atoms with Gasteiger partial charge in [-0.2, -0.15) is 0 Å². The molecule has 0 aliphatic rings. The first-order valence-electron chi connectivity index (χ1n) is 11.4. The van der Waals surface area contributed by atoms with E-state index >= 15 is 0 Å². The SMILES string of the molecule is [2H]C([2H])([2H])C(N(CC(=O)c1cc(O)cc(O)c1)Cc1ccccc1)(C([2H])([2H])[2H])C([2H])([2H])[2H]. The van der Waals surface area contributed by atoms with Crippen molar-refractivity contribution in [3.63, 3.8) is 0 Å². The fraction of sp³-hybridized carbons (Fsp3) is 0.316. The van der Waals surface area contributed by atoms with E-state index in [9.17, 15) is 15.0 Å². The molecule has 0 bridgehead atoms. The first-order valence-corrected chi connectivity index (χ1v) is 6.86. The second-order valence-corrected chi connectivity index (χ2v) is 5.21. The molecule has 0 fully saturated rings. The van der Waals surface area contributed by atoms with Crippen LogP contribution in [-0.4, -0.2) is 33.0 Å². The van der Waals surface area contributed by atoms with Crippen molar-refractivity contribution < 1.29 is 27.3 Å². The zero-order valence-electron chi connectivity index (χ0n) is 21.3. The third-order valence-corrected chi connectivity index (χ3v) is 3.25. The number of hydrogen-bond acceptors (Lipinski definition) is 4. The molecule has 0 aromatic heterocycles. The lowest BCUT2D eigenvalue weighted by Crippen LogP contribution is -2.43. The van der Waals surface area contributed by atoms with Crippen LogP contribution in [0.5, 0.6) is 11.5 Å². The highest BCUT2D eigenvalue weighted by molar-refractivity contribution is 5.98. The van der Waals surface area contributed by atoms with Crippen molar-refractivity contribution in [1.82, 2.24) is 4.90 Å². The van der Waals surface area contributed by atoms with E-state index in [1.165, 1.54) is 0 Å². The van der Waals surface area contributed by atoms with E-state index in [4.69, 9.17) is 12.3 Å². The summed E-state index contributed by atoms with van der Waals surface area (Å²) in [5.74, 6) is -1.78. The standard InChI is InChI=1S/C19H23NO3/c1-19(2,3)20(12-14-7-5-4-6-8-14)13-18(23)15-9-16(21)11-17(22)10-15/h4-11,21-22H,12-13H2,1-3H3/i1D3,2D3,3D3. The van der Waals surface area contributed by atoms with Gasteiger partial charge in [0.2, 0.25) is 0 Å². The summed E-state index contributed by atoms with van der Waals surface area (Å²) in [7, 11) is 0. The molecule has 23 heavy (non-hydrogen) atoms. The maximum atomic E-state index is 13.0. The van der Waals surface area contributed by atoms with E-state index in [0.717, 1.165) is 18.2 Å². The number of benzene rings is 2. The van der Waals surface area contributed by atoms with E-state index in [0.29, 0.717) is 10.5 Å². The lowest BCUT2D eigenvalue weighted by Gasteiger charge is -2.35. The Labute approximate surface area is 149 Å². The smallest absolute Gasteiger partial charge is 0.177 e. The number of phenols is 2. The summed E-state index contributed by atoms with van der Waals surface area (Å²) in [5, 5.41) is 19.3. The molecule has 0 amide bonds. The van der Waals surface area contributed by atoms with E-state index in [2.05, 4.69) is 0 Å². The van der Waals surface area contributed by atoms with Crippen molar-refractivity contribution >= 4 is 5.78 Å². The summed E-state index contributed by atoms with van der Waals surface area (Å²) >= 11 is 0. The molecule has 2 aromatic rings. The Kier molecular flexibility index (Phi) is 2.53. The van der Waals surface area contributed by atoms with Crippen LogP contribution in [0.3, 0.4) is 0 Å². The summed E-state index contributed by atoms with van der Waals surface area (Å²) < 4.78 is 71.5. The quantitative estimate of drug-likeness (QED) is 0.826. The van der Waals surface area contributed by atoms with Crippen molar-refractivity contribution in [3.8, 4) is 11.5 Å². The van der Waals surface area contributed by atoms with E-state index in [-0.39, 0.29) is 5.56 Å². The van der Waals surface area contributed by atoms with Crippen LogP contribution in [0.1, 0.15) is 48.8 Å². The molecule has 0 atom stereocenters. The molecule has 4 nitrogen and oxygen atoms in total. The third-order valence-electron chi connectivity index (χ3n) is 3.25. The summed E-state index contributed by atoms with van der Waals surface area (Å²) in [6, 6.07) is 10.9. The van der Waals surface area contributed by atoms with Gasteiger partial charge in [0.1, 0.15) is 11.5 Å². The maximum absolute atomic E-state index is 13.0. The van der Waals surface area contributed by atoms with Crippen LogP contribution in [0.2, 0.25) is 0 Å². The molecule has 0 aliphatic heterocycles. The molecule has 2 aromatic carbocycles. The normalized spacial score (nSPS) is 19.1. The lowest BCUT2D eigenvalue weighted by molar-refractivity contribution is 0.0793. The molecule has 0 spiro atoms. The molecule has 0 saturated heterocycles. The number of rotatable bonds is 5. The Balaban J connectivity index is 2.70. The van der Waals surface area contributed by atoms with Gasteiger partial charge in [-0.05, 0) is 38.3 Å². The summed E-state index contributed by atoms with van der Waals surface area (Å²) in [4.78, 5) is 13.6. The van der Waals surface area contributed by atoms with Gasteiger partial charge in [0, 0.05) is 36.1 Å². The van der Waals surface area contributed by atoms with Crippen LogP contribution < -0.4 is 0 Å². The molecule has 0 aliphatic carbocycles. The minimum atomic E-state index is -3.54. The molecule has 0 heterocycles. The minimum Gasteiger partial charge on any atom is -0.508 e. The highest BCUT2D eigenvalue weighted by Gasteiger charge is 2.24. The molecule has 0 radical (unpaired) electrons. The van der Waals surface area contributed by atoms with Gasteiger partial charge >= 0.3 is 0 Å². The molecule has 0 saturated carbocycles. The van der Waals surface area contributed by atoms with Crippen LogP contribution in [0, 0.1) is 0 Å². The highest BCUT2D eigenvalue weighted by atomic mass is 16.3. The fourth-order valence-corrected chi connectivity index (χ4v) is 2.12. The first-order chi connectivity index (χ1) is 14.5. The molecular formula is C19H23NO3.